The molecule has 1 aromatic carbocycles. The topological polar surface area (TPSA) is 33.6 Å². The molecule has 5 heteroatoms. The molecule has 86 valence electrons. The number of nitrogens with zero attached hydrogens (tertiary/aromatic N) is 1. The summed E-state index contributed by atoms with van der Waals surface area (Å²) in [7, 11) is 0. The van der Waals surface area contributed by atoms with Crippen LogP contribution in [0.3, 0.4) is 0 Å². The van der Waals surface area contributed by atoms with Crippen LogP contribution in [0.4, 0.5) is 4.39 Å². The lowest BCUT2D eigenvalue weighted by Gasteiger charge is -2.22. The molecule has 0 spiro atoms. The van der Waals surface area contributed by atoms with Crippen molar-refractivity contribution in [2.24, 2.45) is 4.99 Å². The molecule has 16 heavy (non-hydrogen) atoms. The Morgan fingerprint density at radius 2 is 2.38 bits per heavy atom. The molecule has 1 aliphatic heterocycles. The molecular formula is C11H13FN2OS. The highest BCUT2D eigenvalue weighted by molar-refractivity contribution is 8.14. The minimum absolute atomic E-state index is 0.142. The van der Waals surface area contributed by atoms with Gasteiger partial charge in [-0.3, -0.25) is 10.3 Å². The van der Waals surface area contributed by atoms with Gasteiger partial charge in [-0.1, -0.05) is 23.9 Å². The third kappa shape index (κ3) is 2.61. The molecule has 1 aromatic rings. The predicted octanol–water partition coefficient (Wildman–Crippen LogP) is 2.19. The van der Waals surface area contributed by atoms with E-state index >= 15 is 0 Å². The number of hydrogen-bond donors (Lipinski definition) is 1. The van der Waals surface area contributed by atoms with Crippen LogP contribution in [0.1, 0.15) is 12.5 Å². The molecule has 0 saturated carbocycles. The van der Waals surface area contributed by atoms with E-state index in [1.165, 1.54) is 17.8 Å². The zero-order chi connectivity index (χ0) is 11.4. The molecule has 1 atom stereocenters. The van der Waals surface area contributed by atoms with Crippen molar-refractivity contribution >= 4 is 16.8 Å². The van der Waals surface area contributed by atoms with E-state index in [0.717, 1.165) is 0 Å². The number of benzene rings is 1. The quantitative estimate of drug-likeness (QED) is 0.879. The van der Waals surface area contributed by atoms with Crippen LogP contribution in [0.2, 0.25) is 0 Å². The Kier molecular flexibility index (Phi) is 3.93. The molecule has 0 fully saturated rings. The predicted molar refractivity (Wildman–Crippen MR) is 63.9 cm³/mol. The molecule has 1 heterocycles. The highest BCUT2D eigenvalue weighted by Crippen LogP contribution is 2.23. The minimum atomic E-state index is -0.245. The molecular weight excluding hydrogens is 227 g/mol. The summed E-state index contributed by atoms with van der Waals surface area (Å²) in [5.74, 6) is -0.245. The van der Waals surface area contributed by atoms with E-state index in [0.29, 0.717) is 23.9 Å². The first-order chi connectivity index (χ1) is 7.81. The molecule has 2 rings (SSSR count). The van der Waals surface area contributed by atoms with Crippen molar-refractivity contribution in [2.75, 3.05) is 13.3 Å². The Morgan fingerprint density at radius 1 is 1.56 bits per heavy atom. The highest BCUT2D eigenvalue weighted by Gasteiger charge is 2.19. The summed E-state index contributed by atoms with van der Waals surface area (Å²) in [4.78, 5) is 4.24. The van der Waals surface area contributed by atoms with Gasteiger partial charge in [-0.25, -0.2) is 4.39 Å². The maximum atomic E-state index is 13.5. The first-order valence-electron chi connectivity index (χ1n) is 5.12. The molecule has 0 bridgehead atoms. The van der Waals surface area contributed by atoms with Gasteiger partial charge in [0.2, 0.25) is 0 Å². The second kappa shape index (κ2) is 5.43. The average molecular weight is 240 g/mol. The zero-order valence-corrected chi connectivity index (χ0v) is 9.76. The smallest absolute Gasteiger partial charge is 0.163 e. The molecule has 1 unspecified atom stereocenters. The summed E-state index contributed by atoms with van der Waals surface area (Å²) in [5.41, 5.74) is 0.399. The van der Waals surface area contributed by atoms with Crippen molar-refractivity contribution < 1.29 is 9.13 Å². The molecule has 1 N–H and O–H groups in total. The fourth-order valence-electron chi connectivity index (χ4n) is 1.40. The van der Waals surface area contributed by atoms with Gasteiger partial charge in [0, 0.05) is 12.2 Å². The second-order valence-corrected chi connectivity index (χ2v) is 4.26. The SMILES string of the molecule is CCOC1NCN=C(c2ccccc2F)S1. The summed E-state index contributed by atoms with van der Waals surface area (Å²) < 4.78 is 19.0. The van der Waals surface area contributed by atoms with E-state index < -0.39 is 0 Å². The lowest BCUT2D eigenvalue weighted by Crippen LogP contribution is -2.34. The Balaban J connectivity index is 2.16. The van der Waals surface area contributed by atoms with Gasteiger partial charge in [0.15, 0.2) is 5.56 Å². The van der Waals surface area contributed by atoms with Gasteiger partial charge in [0.05, 0.1) is 6.67 Å². The summed E-state index contributed by atoms with van der Waals surface area (Å²) in [6.07, 6.45) is 0. The maximum absolute atomic E-state index is 13.5. The number of hydrogen-bond acceptors (Lipinski definition) is 4. The van der Waals surface area contributed by atoms with Gasteiger partial charge in [0.1, 0.15) is 10.9 Å². The number of nitrogens with one attached hydrogen (secondary N) is 1. The van der Waals surface area contributed by atoms with Crippen molar-refractivity contribution in [2.45, 2.75) is 12.5 Å². The van der Waals surface area contributed by atoms with Crippen LogP contribution in [0, 0.1) is 5.82 Å². The molecule has 3 nitrogen and oxygen atoms in total. The van der Waals surface area contributed by atoms with Crippen molar-refractivity contribution in [1.82, 2.24) is 5.32 Å². The monoisotopic (exact) mass is 240 g/mol. The van der Waals surface area contributed by atoms with Gasteiger partial charge in [-0.15, -0.1) is 0 Å². The van der Waals surface area contributed by atoms with Gasteiger partial charge in [-0.2, -0.15) is 0 Å². The third-order valence-electron chi connectivity index (χ3n) is 2.12. The normalized spacial score (nSPS) is 20.6. The standard InChI is InChI=1S/C11H13FN2OS/c1-2-15-11-14-7-13-10(16-11)8-5-3-4-6-9(8)12/h3-6,11,14H,2,7H2,1H3. The van der Waals surface area contributed by atoms with E-state index in [-0.39, 0.29) is 11.4 Å². The summed E-state index contributed by atoms with van der Waals surface area (Å²) in [6, 6.07) is 6.65. The molecule has 1 aliphatic rings. The molecule has 0 saturated heterocycles. The lowest BCUT2D eigenvalue weighted by molar-refractivity contribution is 0.103. The van der Waals surface area contributed by atoms with Gasteiger partial charge in [-0.05, 0) is 19.1 Å². The maximum Gasteiger partial charge on any atom is 0.163 e. The number of ether oxygens (including phenoxy) is 1. The Hall–Kier alpha value is -0.910. The van der Waals surface area contributed by atoms with Crippen molar-refractivity contribution in [1.29, 1.82) is 0 Å². The van der Waals surface area contributed by atoms with Crippen LogP contribution in [-0.2, 0) is 4.74 Å². The van der Waals surface area contributed by atoms with Crippen LogP contribution in [0.25, 0.3) is 0 Å². The molecule has 0 aromatic heterocycles. The van der Waals surface area contributed by atoms with E-state index in [1.807, 2.05) is 6.92 Å². The van der Waals surface area contributed by atoms with Gasteiger partial charge >= 0.3 is 0 Å². The summed E-state index contributed by atoms with van der Waals surface area (Å²) in [5, 5.41) is 3.76. The van der Waals surface area contributed by atoms with Crippen LogP contribution in [0.15, 0.2) is 29.3 Å². The van der Waals surface area contributed by atoms with Crippen molar-refractivity contribution in [3.05, 3.63) is 35.6 Å². The molecule has 0 amide bonds. The number of rotatable bonds is 3. The average Bonchev–Trinajstić information content (AvgIpc) is 2.30. The van der Waals surface area contributed by atoms with E-state index in [4.69, 9.17) is 4.74 Å². The van der Waals surface area contributed by atoms with Crippen molar-refractivity contribution in [3.63, 3.8) is 0 Å². The van der Waals surface area contributed by atoms with Crippen LogP contribution >= 0.6 is 11.8 Å². The number of halogens is 1. The fraction of sp³-hybridized carbons (Fsp3) is 0.364. The number of aliphatic imine (C=N–C) groups is 1. The minimum Gasteiger partial charge on any atom is -0.354 e. The van der Waals surface area contributed by atoms with E-state index in [1.54, 1.807) is 18.2 Å². The Bertz CT molecular complexity index is 397. The van der Waals surface area contributed by atoms with Crippen LogP contribution in [0.5, 0.6) is 0 Å². The Morgan fingerprint density at radius 3 is 3.12 bits per heavy atom. The summed E-state index contributed by atoms with van der Waals surface area (Å²) in [6.45, 7) is 3.01. The van der Waals surface area contributed by atoms with Crippen LogP contribution in [-0.4, -0.2) is 23.9 Å². The second-order valence-electron chi connectivity index (χ2n) is 3.21. The zero-order valence-electron chi connectivity index (χ0n) is 8.94. The highest BCUT2D eigenvalue weighted by atomic mass is 32.2. The van der Waals surface area contributed by atoms with Crippen molar-refractivity contribution in [3.8, 4) is 0 Å². The first kappa shape index (κ1) is 11.6. The third-order valence-corrected chi connectivity index (χ3v) is 3.21. The van der Waals surface area contributed by atoms with E-state index in [2.05, 4.69) is 10.3 Å². The van der Waals surface area contributed by atoms with Gasteiger partial charge in [0.25, 0.3) is 0 Å². The summed E-state index contributed by atoms with van der Waals surface area (Å²) >= 11 is 1.40. The first-order valence-corrected chi connectivity index (χ1v) is 6.00. The lowest BCUT2D eigenvalue weighted by atomic mass is 10.2. The largest absolute Gasteiger partial charge is 0.354 e. The number of thioether (sulfide) groups is 1. The molecule has 0 aliphatic carbocycles. The van der Waals surface area contributed by atoms with Crippen LogP contribution < -0.4 is 5.32 Å². The Labute approximate surface area is 98.1 Å². The fourth-order valence-corrected chi connectivity index (χ4v) is 2.40. The van der Waals surface area contributed by atoms with E-state index in [9.17, 15) is 4.39 Å². The molecule has 0 radical (unpaired) electrons. The van der Waals surface area contributed by atoms with Gasteiger partial charge < -0.3 is 4.74 Å².